The Balaban J connectivity index is 1.69. The molecular formula is C25H33N7O5. The second-order valence-corrected chi connectivity index (χ2v) is 9.00. The van der Waals surface area contributed by atoms with E-state index in [9.17, 15) is 24.3 Å². The lowest BCUT2D eigenvalue weighted by Gasteiger charge is -2.24. The monoisotopic (exact) mass is 511 g/mol. The number of nitrogens with two attached hydrogens (primary N) is 1. The molecule has 198 valence electrons. The molecule has 3 rings (SSSR count). The van der Waals surface area contributed by atoms with Crippen LogP contribution in [0, 0.1) is 5.92 Å². The highest BCUT2D eigenvalue weighted by molar-refractivity contribution is 5.93. The Morgan fingerprint density at radius 1 is 1.08 bits per heavy atom. The molecule has 12 heteroatoms. The third kappa shape index (κ3) is 7.40. The van der Waals surface area contributed by atoms with E-state index in [1.54, 1.807) is 19.3 Å². The average Bonchev–Trinajstić information content (AvgIpc) is 3.54. The van der Waals surface area contributed by atoms with E-state index >= 15 is 0 Å². The Kier molecular flexibility index (Phi) is 9.39. The van der Waals surface area contributed by atoms with Crippen LogP contribution in [0.15, 0.2) is 43.0 Å². The van der Waals surface area contributed by atoms with Crippen LogP contribution in [-0.4, -0.2) is 68.4 Å². The topological polar surface area (TPSA) is 195 Å². The van der Waals surface area contributed by atoms with Crippen LogP contribution in [0.2, 0.25) is 0 Å². The van der Waals surface area contributed by atoms with Crippen LogP contribution in [0.1, 0.15) is 31.5 Å². The highest BCUT2D eigenvalue weighted by Gasteiger charge is 2.30. The Labute approximate surface area is 213 Å². The van der Waals surface area contributed by atoms with E-state index in [0.717, 1.165) is 16.5 Å². The number of carbonyl (C=O) groups is 4. The summed E-state index contributed by atoms with van der Waals surface area (Å²) in [6.07, 6.45) is 5.64. The predicted molar refractivity (Wildman–Crippen MR) is 136 cm³/mol. The van der Waals surface area contributed by atoms with E-state index in [2.05, 4.69) is 30.9 Å². The van der Waals surface area contributed by atoms with Gasteiger partial charge in [0.15, 0.2) is 0 Å². The Morgan fingerprint density at radius 3 is 2.51 bits per heavy atom. The van der Waals surface area contributed by atoms with E-state index < -0.39 is 48.4 Å². The van der Waals surface area contributed by atoms with Crippen molar-refractivity contribution in [2.24, 2.45) is 11.7 Å². The van der Waals surface area contributed by atoms with Crippen molar-refractivity contribution < 1.29 is 24.3 Å². The van der Waals surface area contributed by atoms with Gasteiger partial charge in [0.2, 0.25) is 17.7 Å². The molecule has 0 aliphatic heterocycles. The minimum absolute atomic E-state index is 0.113. The fourth-order valence-corrected chi connectivity index (χ4v) is 3.94. The molecule has 3 aromatic rings. The van der Waals surface area contributed by atoms with Crippen molar-refractivity contribution in [3.8, 4) is 0 Å². The molecule has 3 amide bonds. The summed E-state index contributed by atoms with van der Waals surface area (Å²) < 4.78 is 0. The van der Waals surface area contributed by atoms with Gasteiger partial charge in [0.1, 0.15) is 12.1 Å². The van der Waals surface area contributed by atoms with Gasteiger partial charge < -0.3 is 36.8 Å². The van der Waals surface area contributed by atoms with E-state index in [1.807, 2.05) is 31.2 Å². The number of aliphatic carboxylic acids is 1. The lowest BCUT2D eigenvalue weighted by Crippen LogP contribution is -2.55. The first kappa shape index (κ1) is 27.4. The summed E-state index contributed by atoms with van der Waals surface area (Å²) in [7, 11) is 0. The quantitative estimate of drug-likeness (QED) is 0.170. The number of para-hydroxylation sites is 1. The van der Waals surface area contributed by atoms with Gasteiger partial charge in [-0.2, -0.15) is 0 Å². The van der Waals surface area contributed by atoms with Gasteiger partial charge >= 0.3 is 5.97 Å². The average molecular weight is 512 g/mol. The summed E-state index contributed by atoms with van der Waals surface area (Å²) in [4.78, 5) is 59.8. The molecule has 0 aliphatic rings. The molecule has 0 spiro atoms. The maximum Gasteiger partial charge on any atom is 0.326 e. The number of hydrogen-bond acceptors (Lipinski definition) is 6. The Morgan fingerprint density at radius 2 is 1.84 bits per heavy atom. The zero-order valence-corrected chi connectivity index (χ0v) is 20.8. The Hall–Kier alpha value is -4.19. The van der Waals surface area contributed by atoms with Crippen molar-refractivity contribution in [2.45, 2.75) is 51.2 Å². The third-order valence-corrected chi connectivity index (χ3v) is 6.28. The van der Waals surface area contributed by atoms with Crippen molar-refractivity contribution in [3.63, 3.8) is 0 Å². The molecular weight excluding hydrogens is 478 g/mol. The summed E-state index contributed by atoms with van der Waals surface area (Å²) in [6.45, 7) is 3.16. The van der Waals surface area contributed by atoms with Crippen LogP contribution < -0.4 is 21.7 Å². The van der Waals surface area contributed by atoms with Crippen molar-refractivity contribution in [2.75, 3.05) is 6.54 Å². The lowest BCUT2D eigenvalue weighted by atomic mass is 9.98. The first-order chi connectivity index (χ1) is 17.7. The van der Waals surface area contributed by atoms with Gasteiger partial charge in [-0.15, -0.1) is 0 Å². The van der Waals surface area contributed by atoms with Crippen molar-refractivity contribution in [1.82, 2.24) is 30.9 Å². The molecule has 1 aromatic carbocycles. The molecule has 4 unspecified atom stereocenters. The number of hydrogen-bond donors (Lipinski definition) is 7. The smallest absolute Gasteiger partial charge is 0.326 e. The number of aromatic amines is 2. The van der Waals surface area contributed by atoms with Gasteiger partial charge in [-0.1, -0.05) is 38.5 Å². The van der Waals surface area contributed by atoms with E-state index in [0.29, 0.717) is 12.1 Å². The number of aromatic nitrogens is 3. The third-order valence-electron chi connectivity index (χ3n) is 6.28. The van der Waals surface area contributed by atoms with Crippen LogP contribution >= 0.6 is 0 Å². The molecule has 0 bridgehead atoms. The number of H-pyrrole nitrogens is 2. The summed E-state index contributed by atoms with van der Waals surface area (Å²) in [6, 6.07) is 4.42. The molecule has 0 saturated heterocycles. The van der Waals surface area contributed by atoms with Gasteiger partial charge in [-0.3, -0.25) is 14.4 Å². The number of fused-ring (bicyclic) bond motifs is 1. The molecule has 0 saturated carbocycles. The van der Waals surface area contributed by atoms with Crippen LogP contribution in [0.25, 0.3) is 10.9 Å². The maximum absolute atomic E-state index is 13.2. The van der Waals surface area contributed by atoms with Crippen molar-refractivity contribution in [3.05, 3.63) is 54.2 Å². The molecule has 0 radical (unpaired) electrons. The number of benzene rings is 1. The fraction of sp³-hybridized carbons (Fsp3) is 0.400. The van der Waals surface area contributed by atoms with Crippen LogP contribution in [0.3, 0.4) is 0 Å². The van der Waals surface area contributed by atoms with Crippen LogP contribution in [-0.2, 0) is 32.0 Å². The van der Waals surface area contributed by atoms with E-state index in [1.165, 1.54) is 6.33 Å². The number of rotatable bonds is 13. The number of nitrogens with one attached hydrogen (secondary N) is 5. The Bertz CT molecular complexity index is 1220. The zero-order valence-electron chi connectivity index (χ0n) is 20.8. The molecule has 4 atom stereocenters. The van der Waals surface area contributed by atoms with E-state index in [-0.39, 0.29) is 18.8 Å². The highest BCUT2D eigenvalue weighted by atomic mass is 16.4. The SMILES string of the molecule is CCC(C)C(NC(=O)C(Cc1c[nH]c2ccccc12)NC(=O)CNC(=O)C(N)Cc1cnc[nH]1)C(=O)O. The molecule has 0 fully saturated rings. The number of carbonyl (C=O) groups excluding carboxylic acids is 3. The van der Waals surface area contributed by atoms with Crippen molar-refractivity contribution >= 4 is 34.6 Å². The van der Waals surface area contributed by atoms with Gasteiger partial charge in [0.25, 0.3) is 0 Å². The molecule has 12 nitrogen and oxygen atoms in total. The number of nitrogens with zero attached hydrogens (tertiary/aromatic N) is 1. The first-order valence-electron chi connectivity index (χ1n) is 12.1. The second kappa shape index (κ2) is 12.7. The second-order valence-electron chi connectivity index (χ2n) is 9.00. The summed E-state index contributed by atoms with van der Waals surface area (Å²) >= 11 is 0. The number of amides is 3. The minimum Gasteiger partial charge on any atom is -0.480 e. The number of carboxylic acid groups (broad SMARTS) is 1. The lowest BCUT2D eigenvalue weighted by molar-refractivity contribution is -0.143. The van der Waals surface area contributed by atoms with Gasteiger partial charge in [-0.25, -0.2) is 9.78 Å². The summed E-state index contributed by atoms with van der Waals surface area (Å²) in [5, 5.41) is 18.1. The molecule has 37 heavy (non-hydrogen) atoms. The largest absolute Gasteiger partial charge is 0.480 e. The summed E-state index contributed by atoms with van der Waals surface area (Å²) in [5.74, 6) is -3.25. The number of carboxylic acids is 1. The predicted octanol–water partition coefficient (Wildman–Crippen LogP) is 0.220. The molecule has 8 N–H and O–H groups in total. The number of imidazole rings is 1. The molecule has 0 aliphatic carbocycles. The zero-order chi connectivity index (χ0) is 26.9. The summed E-state index contributed by atoms with van der Waals surface area (Å²) in [5.41, 5.74) is 8.22. The minimum atomic E-state index is -1.15. The fourth-order valence-electron chi connectivity index (χ4n) is 3.94. The molecule has 2 aromatic heterocycles. The normalized spacial score (nSPS) is 14.4. The van der Waals surface area contributed by atoms with Crippen LogP contribution in [0.5, 0.6) is 0 Å². The van der Waals surface area contributed by atoms with Crippen molar-refractivity contribution in [1.29, 1.82) is 0 Å². The van der Waals surface area contributed by atoms with Gasteiger partial charge in [-0.05, 0) is 17.5 Å². The van der Waals surface area contributed by atoms with E-state index in [4.69, 9.17) is 5.73 Å². The standard InChI is InChI=1S/C25H33N7O5/c1-3-14(2)22(25(36)37)32-24(35)20(8-15-10-28-19-7-5-4-6-17(15)19)31-21(33)12-29-23(34)18(26)9-16-11-27-13-30-16/h4-7,10-11,13-14,18,20,22,28H,3,8-9,12,26H2,1-2H3,(H,27,30)(H,29,34)(H,31,33)(H,32,35)(H,36,37). The maximum atomic E-state index is 13.2. The molecule has 2 heterocycles. The van der Waals surface area contributed by atoms with Gasteiger partial charge in [0.05, 0.1) is 18.9 Å². The first-order valence-corrected chi connectivity index (χ1v) is 12.1. The highest BCUT2D eigenvalue weighted by Crippen LogP contribution is 2.19. The van der Waals surface area contributed by atoms with Crippen LogP contribution in [0.4, 0.5) is 0 Å². The van der Waals surface area contributed by atoms with Gasteiger partial charge in [0, 0.05) is 41.8 Å².